The number of carbonyl (C=O) groups is 1. The molecule has 2 atom stereocenters. The van der Waals surface area contributed by atoms with Crippen LogP contribution < -0.4 is 0 Å². The highest BCUT2D eigenvalue weighted by Gasteiger charge is 2.33. The summed E-state index contributed by atoms with van der Waals surface area (Å²) < 4.78 is 18.6. The molecule has 1 saturated heterocycles. The van der Waals surface area contributed by atoms with Gasteiger partial charge in [0.15, 0.2) is 5.82 Å². The fourth-order valence-corrected chi connectivity index (χ4v) is 3.43. The van der Waals surface area contributed by atoms with Gasteiger partial charge in [0, 0.05) is 31.1 Å². The molecule has 2 unspecified atom stereocenters. The number of allylic oxidation sites excluding steroid dienone is 1. The van der Waals surface area contributed by atoms with Gasteiger partial charge >= 0.3 is 0 Å². The molecule has 0 N–H and O–H groups in total. The van der Waals surface area contributed by atoms with Crippen molar-refractivity contribution in [1.29, 1.82) is 0 Å². The van der Waals surface area contributed by atoms with Gasteiger partial charge in [-0.3, -0.25) is 9.79 Å². The van der Waals surface area contributed by atoms with Crippen molar-refractivity contribution >= 4 is 11.6 Å². The molecule has 1 fully saturated rings. The minimum absolute atomic E-state index is 0.00407. The zero-order valence-electron chi connectivity index (χ0n) is 16.3. The smallest absolute Gasteiger partial charge is 0.271 e. The highest BCUT2D eigenvalue weighted by Crippen LogP contribution is 2.29. The van der Waals surface area contributed by atoms with Gasteiger partial charge in [-0.15, -0.1) is 6.58 Å². The van der Waals surface area contributed by atoms with E-state index in [1.807, 2.05) is 17.9 Å². The van der Waals surface area contributed by atoms with E-state index in [0.717, 1.165) is 25.0 Å². The molecule has 0 bridgehead atoms. The van der Waals surface area contributed by atoms with E-state index >= 15 is 0 Å². The summed E-state index contributed by atoms with van der Waals surface area (Å²) in [4.78, 5) is 23.5. The molecule has 1 amide bonds. The van der Waals surface area contributed by atoms with Crippen molar-refractivity contribution in [3.05, 3.63) is 60.0 Å². The average Bonchev–Trinajstić information content (AvgIpc) is 3.19. The third-order valence-corrected chi connectivity index (χ3v) is 5.14. The van der Waals surface area contributed by atoms with Crippen molar-refractivity contribution in [3.63, 3.8) is 0 Å². The number of amides is 1. The summed E-state index contributed by atoms with van der Waals surface area (Å²) >= 11 is 0. The van der Waals surface area contributed by atoms with E-state index in [1.54, 1.807) is 7.05 Å². The summed E-state index contributed by atoms with van der Waals surface area (Å²) in [6, 6.07) is 5.74. The number of aliphatic imine (C=N–C) groups is 1. The molecule has 6 nitrogen and oxygen atoms in total. The van der Waals surface area contributed by atoms with Crippen molar-refractivity contribution in [3.8, 4) is 0 Å². The number of piperidine rings is 1. The lowest BCUT2D eigenvalue weighted by Crippen LogP contribution is -2.45. The standard InChI is InChI=1S/C21H25FN4O2/c1-4-5-6-18(23-3)20-24-19(25-28-20)16-8-7-14(2)26(13-16)21(27)15-9-11-17(22)12-10-15/h4,9-12,14,16H,1,5-8,13H2,2-3H3. The van der Waals surface area contributed by atoms with Crippen LogP contribution in [0.4, 0.5) is 4.39 Å². The first-order valence-corrected chi connectivity index (χ1v) is 9.50. The topological polar surface area (TPSA) is 71.6 Å². The van der Waals surface area contributed by atoms with Crippen molar-refractivity contribution < 1.29 is 13.7 Å². The molecule has 1 aliphatic heterocycles. The molecule has 0 radical (unpaired) electrons. The molecule has 0 spiro atoms. The highest BCUT2D eigenvalue weighted by atomic mass is 19.1. The SMILES string of the molecule is C=CCCC(=NC)c1nc(C2CCC(C)N(C(=O)c3ccc(F)cc3)C2)no1. The maximum Gasteiger partial charge on any atom is 0.271 e. The van der Waals surface area contributed by atoms with Crippen LogP contribution in [0.3, 0.4) is 0 Å². The van der Waals surface area contributed by atoms with Crippen molar-refractivity contribution in [2.45, 2.75) is 44.6 Å². The first kappa shape index (κ1) is 19.9. The second-order valence-corrected chi connectivity index (χ2v) is 7.04. The van der Waals surface area contributed by atoms with Crippen LogP contribution in [0.25, 0.3) is 0 Å². The number of likely N-dealkylation sites (tertiary alicyclic amines) is 1. The molecule has 3 rings (SSSR count). The van der Waals surface area contributed by atoms with E-state index in [4.69, 9.17) is 4.52 Å². The fraction of sp³-hybridized carbons (Fsp3) is 0.429. The number of halogens is 1. The van der Waals surface area contributed by atoms with Gasteiger partial charge in [0.25, 0.3) is 11.8 Å². The number of nitrogens with zero attached hydrogens (tertiary/aromatic N) is 4. The van der Waals surface area contributed by atoms with Gasteiger partial charge in [-0.1, -0.05) is 11.2 Å². The van der Waals surface area contributed by atoms with Crippen LogP contribution >= 0.6 is 0 Å². The number of carbonyl (C=O) groups excluding carboxylic acids is 1. The molecule has 2 heterocycles. The molecule has 0 aliphatic carbocycles. The summed E-state index contributed by atoms with van der Waals surface area (Å²) in [5, 5.41) is 4.14. The number of hydrogen-bond donors (Lipinski definition) is 0. The molecular weight excluding hydrogens is 359 g/mol. The van der Waals surface area contributed by atoms with E-state index < -0.39 is 0 Å². The van der Waals surface area contributed by atoms with Gasteiger partial charge in [-0.05, 0) is 56.9 Å². The van der Waals surface area contributed by atoms with Crippen LogP contribution in [-0.4, -0.2) is 46.3 Å². The third kappa shape index (κ3) is 4.35. The monoisotopic (exact) mass is 384 g/mol. The lowest BCUT2D eigenvalue weighted by Gasteiger charge is -2.37. The molecule has 1 aliphatic rings. The Morgan fingerprint density at radius 3 is 2.82 bits per heavy atom. The fourth-order valence-electron chi connectivity index (χ4n) is 3.43. The number of benzene rings is 1. The molecule has 0 saturated carbocycles. The summed E-state index contributed by atoms with van der Waals surface area (Å²) in [5.41, 5.74) is 1.23. The average molecular weight is 384 g/mol. The van der Waals surface area contributed by atoms with Crippen LogP contribution in [0.2, 0.25) is 0 Å². The molecular formula is C21H25FN4O2. The molecule has 148 valence electrons. The Bertz CT molecular complexity index is 860. The zero-order chi connectivity index (χ0) is 20.1. The van der Waals surface area contributed by atoms with Crippen LogP contribution in [0.1, 0.15) is 60.6 Å². The lowest BCUT2D eigenvalue weighted by atomic mass is 9.92. The van der Waals surface area contributed by atoms with E-state index in [9.17, 15) is 9.18 Å². The van der Waals surface area contributed by atoms with Gasteiger partial charge in [-0.25, -0.2) is 4.39 Å². The molecule has 1 aromatic heterocycles. The first-order valence-electron chi connectivity index (χ1n) is 9.50. The van der Waals surface area contributed by atoms with Crippen LogP contribution in [0, 0.1) is 5.82 Å². The predicted octanol–water partition coefficient (Wildman–Crippen LogP) is 4.00. The minimum atomic E-state index is -0.356. The number of aromatic nitrogens is 2. The van der Waals surface area contributed by atoms with Gasteiger partial charge < -0.3 is 9.42 Å². The van der Waals surface area contributed by atoms with Crippen molar-refractivity contribution in [2.24, 2.45) is 4.99 Å². The van der Waals surface area contributed by atoms with Crippen molar-refractivity contribution in [1.82, 2.24) is 15.0 Å². The molecule has 2 aromatic rings. The Hall–Kier alpha value is -2.83. The van der Waals surface area contributed by atoms with Crippen LogP contribution in [-0.2, 0) is 0 Å². The van der Waals surface area contributed by atoms with Gasteiger partial charge in [0.2, 0.25) is 0 Å². The Morgan fingerprint density at radius 1 is 1.39 bits per heavy atom. The van der Waals surface area contributed by atoms with Gasteiger partial charge in [0.1, 0.15) is 5.82 Å². The predicted molar refractivity (Wildman–Crippen MR) is 105 cm³/mol. The van der Waals surface area contributed by atoms with Crippen LogP contribution in [0.15, 0.2) is 46.4 Å². The third-order valence-electron chi connectivity index (χ3n) is 5.14. The van der Waals surface area contributed by atoms with Gasteiger partial charge in [0.05, 0.1) is 5.71 Å². The minimum Gasteiger partial charge on any atom is -0.335 e. The number of hydrogen-bond acceptors (Lipinski definition) is 5. The Balaban J connectivity index is 1.74. The van der Waals surface area contributed by atoms with E-state index in [1.165, 1.54) is 24.3 Å². The Labute approximate surface area is 164 Å². The largest absolute Gasteiger partial charge is 0.335 e. The number of rotatable bonds is 6. The van der Waals surface area contributed by atoms with E-state index in [-0.39, 0.29) is 23.7 Å². The van der Waals surface area contributed by atoms with Crippen LogP contribution in [0.5, 0.6) is 0 Å². The maximum absolute atomic E-state index is 13.2. The van der Waals surface area contributed by atoms with Gasteiger partial charge in [-0.2, -0.15) is 4.98 Å². The van der Waals surface area contributed by atoms with E-state index in [2.05, 4.69) is 21.7 Å². The second kappa shape index (κ2) is 8.91. The molecule has 7 heteroatoms. The first-order chi connectivity index (χ1) is 13.5. The summed E-state index contributed by atoms with van der Waals surface area (Å²) in [6.07, 6.45) is 5.01. The zero-order valence-corrected chi connectivity index (χ0v) is 16.3. The summed E-state index contributed by atoms with van der Waals surface area (Å²) in [6.45, 7) is 6.25. The lowest BCUT2D eigenvalue weighted by molar-refractivity contribution is 0.0604. The Kier molecular flexibility index (Phi) is 6.34. The maximum atomic E-state index is 13.2. The van der Waals surface area contributed by atoms with Crippen molar-refractivity contribution in [2.75, 3.05) is 13.6 Å². The second-order valence-electron chi connectivity index (χ2n) is 7.04. The normalized spacial score (nSPS) is 20.2. The quantitative estimate of drug-likeness (QED) is 0.557. The highest BCUT2D eigenvalue weighted by molar-refractivity contribution is 5.96. The summed E-state index contributed by atoms with van der Waals surface area (Å²) in [5.74, 6) is 0.552. The molecule has 28 heavy (non-hydrogen) atoms. The Morgan fingerprint density at radius 2 is 2.14 bits per heavy atom. The van der Waals surface area contributed by atoms with E-state index in [0.29, 0.717) is 30.2 Å². The molecule has 1 aromatic carbocycles. The summed E-state index contributed by atoms with van der Waals surface area (Å²) in [7, 11) is 1.70.